The van der Waals surface area contributed by atoms with Crippen molar-refractivity contribution in [2.75, 3.05) is 19.6 Å². The molecule has 1 saturated heterocycles. The fourth-order valence-corrected chi connectivity index (χ4v) is 4.97. The Labute approximate surface area is 170 Å². The normalized spacial score (nSPS) is 18.1. The summed E-state index contributed by atoms with van der Waals surface area (Å²) in [6.45, 7) is 3.88. The number of carbonyl (C=O) groups is 1. The fourth-order valence-electron chi connectivity index (χ4n) is 3.32. The maximum Gasteiger partial charge on any atom is 0.243 e. The number of benzene rings is 1. The monoisotopic (exact) mass is 424 g/mol. The summed E-state index contributed by atoms with van der Waals surface area (Å²) >= 11 is 5.85. The van der Waals surface area contributed by atoms with Gasteiger partial charge in [-0.15, -0.1) is 0 Å². The molecule has 152 valence electrons. The average Bonchev–Trinajstić information content (AvgIpc) is 3.10. The van der Waals surface area contributed by atoms with Gasteiger partial charge in [0.1, 0.15) is 0 Å². The van der Waals surface area contributed by atoms with Gasteiger partial charge in [-0.3, -0.25) is 9.48 Å². The van der Waals surface area contributed by atoms with E-state index in [9.17, 15) is 13.2 Å². The van der Waals surface area contributed by atoms with Crippen LogP contribution in [0.5, 0.6) is 0 Å². The molecule has 0 radical (unpaired) electrons. The number of aryl methyl sites for hydroxylation is 2. The molecule has 1 aliphatic heterocycles. The molecule has 0 bridgehead atoms. The van der Waals surface area contributed by atoms with Gasteiger partial charge in [0.25, 0.3) is 0 Å². The van der Waals surface area contributed by atoms with Crippen LogP contribution in [-0.4, -0.2) is 48.0 Å². The smallest absolute Gasteiger partial charge is 0.243 e. The van der Waals surface area contributed by atoms with Gasteiger partial charge in [-0.25, -0.2) is 8.42 Å². The number of halogens is 1. The van der Waals surface area contributed by atoms with Crippen LogP contribution in [0.4, 0.5) is 0 Å². The van der Waals surface area contributed by atoms with E-state index < -0.39 is 10.0 Å². The topological polar surface area (TPSA) is 84.3 Å². The zero-order chi connectivity index (χ0) is 20.1. The first-order valence-electron chi connectivity index (χ1n) is 9.39. The summed E-state index contributed by atoms with van der Waals surface area (Å²) in [6.07, 6.45) is 5.89. The SMILES string of the molecule is Cc1cnn(CCCNC(=O)C2CCCN(S(=O)(=O)c3ccc(Cl)cc3)C2)c1. The number of rotatable bonds is 7. The Balaban J connectivity index is 1.52. The number of nitrogens with zero attached hydrogens (tertiary/aromatic N) is 3. The summed E-state index contributed by atoms with van der Waals surface area (Å²) in [5.74, 6) is -0.421. The summed E-state index contributed by atoms with van der Waals surface area (Å²) < 4.78 is 28.9. The molecule has 0 aliphatic carbocycles. The molecule has 0 saturated carbocycles. The Morgan fingerprint density at radius 1 is 1.32 bits per heavy atom. The van der Waals surface area contributed by atoms with Crippen LogP contribution in [0.15, 0.2) is 41.6 Å². The van der Waals surface area contributed by atoms with Crippen LogP contribution in [0.3, 0.4) is 0 Å². The van der Waals surface area contributed by atoms with Gasteiger partial charge in [0, 0.05) is 37.4 Å². The van der Waals surface area contributed by atoms with Crippen molar-refractivity contribution in [2.24, 2.45) is 5.92 Å². The number of hydrogen-bond acceptors (Lipinski definition) is 4. The van der Waals surface area contributed by atoms with E-state index >= 15 is 0 Å². The van der Waals surface area contributed by atoms with E-state index in [1.807, 2.05) is 17.8 Å². The van der Waals surface area contributed by atoms with Crippen LogP contribution in [-0.2, 0) is 21.4 Å². The van der Waals surface area contributed by atoms with Gasteiger partial charge in [-0.2, -0.15) is 9.40 Å². The van der Waals surface area contributed by atoms with E-state index in [-0.39, 0.29) is 23.3 Å². The van der Waals surface area contributed by atoms with Crippen molar-refractivity contribution in [1.29, 1.82) is 0 Å². The van der Waals surface area contributed by atoms with Gasteiger partial charge >= 0.3 is 0 Å². The Bertz CT molecular complexity index is 912. The first-order chi connectivity index (χ1) is 13.4. The molecule has 1 fully saturated rings. The molecule has 3 rings (SSSR count). The standard InChI is InChI=1S/C19H25ClN4O3S/c1-15-12-22-23(13-15)10-3-9-21-19(25)16-4-2-11-24(14-16)28(26,27)18-7-5-17(20)6-8-18/h5-8,12-13,16H,2-4,9-11,14H2,1H3,(H,21,25). The second-order valence-electron chi connectivity index (χ2n) is 7.08. The van der Waals surface area contributed by atoms with E-state index in [4.69, 9.17) is 11.6 Å². The third kappa shape index (κ3) is 5.12. The third-order valence-corrected chi connectivity index (χ3v) is 6.96. The van der Waals surface area contributed by atoms with Crippen molar-refractivity contribution in [2.45, 2.75) is 37.6 Å². The van der Waals surface area contributed by atoms with Gasteiger partial charge in [-0.05, 0) is 56.0 Å². The number of nitrogens with one attached hydrogen (secondary N) is 1. The van der Waals surface area contributed by atoms with Crippen molar-refractivity contribution >= 4 is 27.5 Å². The van der Waals surface area contributed by atoms with Gasteiger partial charge in [0.2, 0.25) is 15.9 Å². The third-order valence-electron chi connectivity index (χ3n) is 4.83. The number of hydrogen-bond donors (Lipinski definition) is 1. The molecule has 1 unspecified atom stereocenters. The van der Waals surface area contributed by atoms with Crippen LogP contribution in [0.25, 0.3) is 0 Å². The van der Waals surface area contributed by atoms with Crippen molar-refractivity contribution in [3.8, 4) is 0 Å². The highest BCUT2D eigenvalue weighted by atomic mass is 35.5. The number of piperidine rings is 1. The lowest BCUT2D eigenvalue weighted by atomic mass is 9.99. The minimum absolute atomic E-state index is 0.0901. The molecule has 1 N–H and O–H groups in total. The van der Waals surface area contributed by atoms with E-state index in [2.05, 4.69) is 10.4 Å². The van der Waals surface area contributed by atoms with Gasteiger partial charge in [0.05, 0.1) is 17.0 Å². The van der Waals surface area contributed by atoms with Crippen molar-refractivity contribution in [3.63, 3.8) is 0 Å². The fraction of sp³-hybridized carbons (Fsp3) is 0.474. The summed E-state index contributed by atoms with van der Waals surface area (Å²) in [5.41, 5.74) is 1.10. The molecule has 1 aliphatic rings. The highest BCUT2D eigenvalue weighted by Crippen LogP contribution is 2.24. The van der Waals surface area contributed by atoms with Gasteiger partial charge in [-0.1, -0.05) is 11.6 Å². The van der Waals surface area contributed by atoms with Crippen LogP contribution in [0, 0.1) is 12.8 Å². The van der Waals surface area contributed by atoms with Crippen LogP contribution in [0.2, 0.25) is 5.02 Å². The molecule has 1 aromatic carbocycles. The van der Waals surface area contributed by atoms with Crippen LogP contribution < -0.4 is 5.32 Å². The Kier molecular flexibility index (Phi) is 6.74. The van der Waals surface area contributed by atoms with E-state index in [1.54, 1.807) is 18.3 Å². The summed E-state index contributed by atoms with van der Waals surface area (Å²) in [7, 11) is -3.62. The minimum Gasteiger partial charge on any atom is -0.356 e. The van der Waals surface area contributed by atoms with Crippen LogP contribution in [0.1, 0.15) is 24.8 Å². The summed E-state index contributed by atoms with van der Waals surface area (Å²) in [5, 5.41) is 7.63. The molecule has 2 heterocycles. The lowest BCUT2D eigenvalue weighted by molar-refractivity contribution is -0.126. The predicted octanol–water partition coefficient (Wildman–Crippen LogP) is 2.45. The molecule has 0 spiro atoms. The molecule has 1 amide bonds. The van der Waals surface area contributed by atoms with Gasteiger partial charge < -0.3 is 5.32 Å². The molecule has 28 heavy (non-hydrogen) atoms. The quantitative estimate of drug-likeness (QED) is 0.692. The zero-order valence-corrected chi connectivity index (χ0v) is 17.4. The number of carbonyl (C=O) groups excluding carboxylic acids is 1. The molecule has 1 atom stereocenters. The van der Waals surface area contributed by atoms with Crippen molar-refractivity contribution in [3.05, 3.63) is 47.2 Å². The maximum absolute atomic E-state index is 12.8. The Hall–Kier alpha value is -1.90. The highest BCUT2D eigenvalue weighted by Gasteiger charge is 2.33. The average molecular weight is 425 g/mol. The number of sulfonamides is 1. The molecular formula is C19H25ClN4O3S. The molecule has 1 aromatic heterocycles. The number of amides is 1. The van der Waals surface area contributed by atoms with Gasteiger partial charge in [0.15, 0.2) is 0 Å². The second-order valence-corrected chi connectivity index (χ2v) is 9.46. The van der Waals surface area contributed by atoms with Crippen molar-refractivity contribution in [1.82, 2.24) is 19.4 Å². The predicted molar refractivity (Wildman–Crippen MR) is 108 cm³/mol. The largest absolute Gasteiger partial charge is 0.356 e. The summed E-state index contributed by atoms with van der Waals surface area (Å²) in [4.78, 5) is 12.7. The summed E-state index contributed by atoms with van der Waals surface area (Å²) in [6, 6.07) is 6.12. The number of aromatic nitrogens is 2. The molecular weight excluding hydrogens is 400 g/mol. The molecule has 2 aromatic rings. The maximum atomic E-state index is 12.8. The zero-order valence-electron chi connectivity index (χ0n) is 15.8. The van der Waals surface area contributed by atoms with E-state index in [1.165, 1.54) is 16.4 Å². The Morgan fingerprint density at radius 2 is 2.07 bits per heavy atom. The first kappa shape index (κ1) is 20.8. The lowest BCUT2D eigenvalue weighted by Crippen LogP contribution is -2.45. The van der Waals surface area contributed by atoms with Crippen molar-refractivity contribution < 1.29 is 13.2 Å². The highest BCUT2D eigenvalue weighted by molar-refractivity contribution is 7.89. The van der Waals surface area contributed by atoms with E-state index in [0.29, 0.717) is 31.0 Å². The minimum atomic E-state index is -3.62. The van der Waals surface area contributed by atoms with Crippen LogP contribution >= 0.6 is 11.6 Å². The lowest BCUT2D eigenvalue weighted by Gasteiger charge is -2.31. The molecule has 7 nitrogen and oxygen atoms in total. The Morgan fingerprint density at radius 3 is 2.75 bits per heavy atom. The first-order valence-corrected chi connectivity index (χ1v) is 11.2. The van der Waals surface area contributed by atoms with E-state index in [0.717, 1.165) is 18.5 Å². The molecule has 9 heteroatoms. The second kappa shape index (κ2) is 9.07.